The Labute approximate surface area is 234 Å². The SMILES string of the molecule is O=S(=O)(/C=C/c1ccccc1)NCc1ccc(CNc2cc(-c3ccccc3Cl)nc3c(Br)cnn23)cc1. The number of sulfonamides is 1. The first kappa shape index (κ1) is 26.1. The molecule has 7 nitrogen and oxygen atoms in total. The Morgan fingerprint density at radius 2 is 1.61 bits per heavy atom. The second-order valence-electron chi connectivity index (χ2n) is 8.48. The molecule has 38 heavy (non-hydrogen) atoms. The monoisotopic (exact) mass is 607 g/mol. The van der Waals surface area contributed by atoms with Gasteiger partial charge in [0.05, 0.1) is 16.4 Å². The van der Waals surface area contributed by atoms with Gasteiger partial charge in [-0.3, -0.25) is 0 Å². The van der Waals surface area contributed by atoms with E-state index in [1.165, 1.54) is 5.41 Å². The van der Waals surface area contributed by atoms with Gasteiger partial charge in [0.1, 0.15) is 5.82 Å². The minimum Gasteiger partial charge on any atom is -0.366 e. The largest absolute Gasteiger partial charge is 0.366 e. The zero-order chi connectivity index (χ0) is 26.5. The van der Waals surface area contributed by atoms with E-state index in [1.54, 1.807) is 16.8 Å². The van der Waals surface area contributed by atoms with Crippen molar-refractivity contribution in [3.63, 3.8) is 0 Å². The van der Waals surface area contributed by atoms with Crippen LogP contribution in [0.3, 0.4) is 0 Å². The number of halogens is 2. The number of anilines is 1. The molecule has 2 aromatic heterocycles. The van der Waals surface area contributed by atoms with Crippen molar-refractivity contribution in [2.24, 2.45) is 0 Å². The van der Waals surface area contributed by atoms with Gasteiger partial charge in [0.2, 0.25) is 10.0 Å². The summed E-state index contributed by atoms with van der Waals surface area (Å²) in [6, 6.07) is 26.5. The third kappa shape index (κ3) is 6.31. The third-order valence-corrected chi connectivity index (χ3v) is 7.72. The summed E-state index contributed by atoms with van der Waals surface area (Å²) in [5.41, 5.74) is 4.94. The number of benzene rings is 3. The average molecular weight is 609 g/mol. The summed E-state index contributed by atoms with van der Waals surface area (Å²) in [7, 11) is -3.56. The van der Waals surface area contributed by atoms with E-state index in [0.717, 1.165) is 38.2 Å². The van der Waals surface area contributed by atoms with E-state index >= 15 is 0 Å². The molecule has 2 heterocycles. The van der Waals surface area contributed by atoms with Crippen molar-refractivity contribution in [1.29, 1.82) is 0 Å². The van der Waals surface area contributed by atoms with Gasteiger partial charge >= 0.3 is 0 Å². The normalized spacial score (nSPS) is 11.8. The van der Waals surface area contributed by atoms with Crippen LogP contribution in [0.1, 0.15) is 16.7 Å². The van der Waals surface area contributed by atoms with E-state index in [-0.39, 0.29) is 6.54 Å². The highest BCUT2D eigenvalue weighted by Gasteiger charge is 2.13. The number of rotatable bonds is 9. The predicted octanol–water partition coefficient (Wildman–Crippen LogP) is 6.51. The molecule has 0 fully saturated rings. The molecule has 0 aliphatic carbocycles. The highest BCUT2D eigenvalue weighted by Crippen LogP contribution is 2.30. The zero-order valence-corrected chi connectivity index (χ0v) is 23.2. The topological polar surface area (TPSA) is 88.4 Å². The first-order valence-corrected chi connectivity index (χ1v) is 14.4. The quantitative estimate of drug-likeness (QED) is 0.199. The summed E-state index contributed by atoms with van der Waals surface area (Å²) in [6.07, 6.45) is 3.28. The lowest BCUT2D eigenvalue weighted by molar-refractivity contribution is 0.591. The number of fused-ring (bicyclic) bond motifs is 1. The zero-order valence-electron chi connectivity index (χ0n) is 20.1. The van der Waals surface area contributed by atoms with Gasteiger partial charge in [-0.25, -0.2) is 18.1 Å². The van der Waals surface area contributed by atoms with E-state index in [4.69, 9.17) is 16.6 Å². The fourth-order valence-corrected chi connectivity index (χ4v) is 5.18. The molecule has 3 aromatic carbocycles. The van der Waals surface area contributed by atoms with Crippen LogP contribution in [0.4, 0.5) is 5.82 Å². The summed E-state index contributed by atoms with van der Waals surface area (Å²) in [4.78, 5) is 4.73. The van der Waals surface area contributed by atoms with Crippen LogP contribution in [-0.2, 0) is 23.1 Å². The minimum atomic E-state index is -3.56. The molecule has 5 aromatic rings. The van der Waals surface area contributed by atoms with E-state index in [0.29, 0.717) is 17.2 Å². The fourth-order valence-electron chi connectivity index (χ4n) is 3.80. The predicted molar refractivity (Wildman–Crippen MR) is 156 cm³/mol. The highest BCUT2D eigenvalue weighted by atomic mass is 79.9. The fraction of sp³-hybridized carbons (Fsp3) is 0.0714. The lowest BCUT2D eigenvalue weighted by Crippen LogP contribution is -2.20. The molecule has 10 heteroatoms. The molecule has 0 saturated carbocycles. The molecule has 0 radical (unpaired) electrons. The van der Waals surface area contributed by atoms with Crippen molar-refractivity contribution >= 4 is 55.1 Å². The van der Waals surface area contributed by atoms with Gasteiger partial charge in [0.25, 0.3) is 0 Å². The van der Waals surface area contributed by atoms with Crippen molar-refractivity contribution < 1.29 is 8.42 Å². The van der Waals surface area contributed by atoms with Crippen LogP contribution in [0.25, 0.3) is 23.0 Å². The maximum Gasteiger partial charge on any atom is 0.234 e. The Kier molecular flexibility index (Phi) is 7.90. The first-order valence-electron chi connectivity index (χ1n) is 11.7. The molecule has 0 saturated heterocycles. The van der Waals surface area contributed by atoms with E-state index in [9.17, 15) is 8.42 Å². The second-order valence-corrected chi connectivity index (χ2v) is 11.4. The molecule has 0 atom stereocenters. The standard InChI is InChI=1S/C28H23BrClN5O2S/c29-24-19-32-35-27(16-26(34-28(24)35)23-8-4-5-9-25(23)30)31-17-21-10-12-22(13-11-21)18-33-38(36,37)15-14-20-6-2-1-3-7-20/h1-16,19,31,33H,17-18H2/b15-14+. The Bertz CT molecular complexity index is 1710. The summed E-state index contributed by atoms with van der Waals surface area (Å²) < 4.78 is 29.8. The van der Waals surface area contributed by atoms with Crippen molar-refractivity contribution in [1.82, 2.24) is 19.3 Å². The molecular formula is C28H23BrClN5O2S. The maximum atomic E-state index is 12.3. The summed E-state index contributed by atoms with van der Waals surface area (Å²) in [6.45, 7) is 0.729. The van der Waals surface area contributed by atoms with Gasteiger partial charge < -0.3 is 5.32 Å². The third-order valence-electron chi connectivity index (χ3n) is 5.79. The maximum absolute atomic E-state index is 12.3. The second kappa shape index (κ2) is 11.5. The van der Waals surface area contributed by atoms with Gasteiger partial charge in [-0.1, -0.05) is 84.4 Å². The molecule has 0 bridgehead atoms. The first-order chi connectivity index (χ1) is 18.4. The number of nitrogens with zero attached hydrogens (tertiary/aromatic N) is 3. The molecule has 0 aliphatic heterocycles. The Hall–Kier alpha value is -3.50. The highest BCUT2D eigenvalue weighted by molar-refractivity contribution is 9.10. The van der Waals surface area contributed by atoms with E-state index in [2.05, 4.69) is 31.1 Å². The van der Waals surface area contributed by atoms with E-state index < -0.39 is 10.0 Å². The van der Waals surface area contributed by atoms with Crippen LogP contribution in [-0.4, -0.2) is 23.0 Å². The average Bonchev–Trinajstić information content (AvgIpc) is 3.31. The molecule has 192 valence electrons. The number of aromatic nitrogens is 3. The van der Waals surface area contributed by atoms with Crippen molar-refractivity contribution in [2.75, 3.05) is 5.32 Å². The smallest absolute Gasteiger partial charge is 0.234 e. The molecule has 0 unspecified atom stereocenters. The summed E-state index contributed by atoms with van der Waals surface area (Å²) in [5, 5.41) is 9.65. The summed E-state index contributed by atoms with van der Waals surface area (Å²) in [5.74, 6) is 0.762. The number of nitrogens with one attached hydrogen (secondary N) is 2. The molecule has 5 rings (SSSR count). The number of hydrogen-bond acceptors (Lipinski definition) is 5. The van der Waals surface area contributed by atoms with Crippen molar-refractivity contribution in [3.8, 4) is 11.3 Å². The summed E-state index contributed by atoms with van der Waals surface area (Å²) >= 11 is 9.94. The van der Waals surface area contributed by atoms with Crippen molar-refractivity contribution in [2.45, 2.75) is 13.1 Å². The minimum absolute atomic E-state index is 0.197. The van der Waals surface area contributed by atoms with Crippen LogP contribution < -0.4 is 10.0 Å². The van der Waals surface area contributed by atoms with Gasteiger partial charge in [-0.2, -0.15) is 9.61 Å². The number of hydrogen-bond donors (Lipinski definition) is 2. The molecule has 2 N–H and O–H groups in total. The Morgan fingerprint density at radius 3 is 2.34 bits per heavy atom. The Morgan fingerprint density at radius 1 is 0.921 bits per heavy atom. The molecular weight excluding hydrogens is 586 g/mol. The van der Waals surface area contributed by atoms with Crippen LogP contribution in [0.2, 0.25) is 5.02 Å². The van der Waals surface area contributed by atoms with Gasteiger partial charge in [0, 0.05) is 35.2 Å². The lowest BCUT2D eigenvalue weighted by atomic mass is 10.1. The van der Waals surface area contributed by atoms with Crippen LogP contribution in [0.15, 0.2) is 101 Å². The van der Waals surface area contributed by atoms with E-state index in [1.807, 2.05) is 84.9 Å². The van der Waals surface area contributed by atoms with Crippen molar-refractivity contribution in [3.05, 3.63) is 123 Å². The van der Waals surface area contributed by atoms with Crippen LogP contribution >= 0.6 is 27.5 Å². The molecule has 0 aliphatic rings. The van der Waals surface area contributed by atoms with Gasteiger partial charge in [0.15, 0.2) is 5.65 Å². The van der Waals surface area contributed by atoms with Gasteiger partial charge in [-0.05, 0) is 44.8 Å². The van der Waals surface area contributed by atoms with Crippen LogP contribution in [0.5, 0.6) is 0 Å². The van der Waals surface area contributed by atoms with Gasteiger partial charge in [-0.15, -0.1) is 0 Å². The Balaban J connectivity index is 1.26. The molecule has 0 spiro atoms. The van der Waals surface area contributed by atoms with Crippen LogP contribution in [0, 0.1) is 0 Å². The molecule has 0 amide bonds. The lowest BCUT2D eigenvalue weighted by Gasteiger charge is -2.12.